The number of nitrogens with zero attached hydrogens (tertiary/aromatic N) is 3. The lowest BCUT2D eigenvalue weighted by Crippen LogP contribution is -2.40. The van der Waals surface area contributed by atoms with Crippen molar-refractivity contribution in [2.75, 3.05) is 11.4 Å². The largest absolute Gasteiger partial charge is 0.353 e. The number of hydrogen-bond acceptors (Lipinski definition) is 4. The Morgan fingerprint density at radius 1 is 0.950 bits per heavy atom. The fourth-order valence-corrected chi connectivity index (χ4v) is 6.53. The van der Waals surface area contributed by atoms with Crippen LogP contribution >= 0.6 is 0 Å². The predicted octanol–water partition coefficient (Wildman–Crippen LogP) is 5.31. The van der Waals surface area contributed by atoms with Crippen molar-refractivity contribution in [3.8, 4) is 11.4 Å². The van der Waals surface area contributed by atoms with Crippen LogP contribution in [0.4, 0.5) is 5.69 Å². The molecule has 204 valence electrons. The number of nitrogens with one attached hydrogen (secondary N) is 2. The molecule has 2 aliphatic heterocycles. The van der Waals surface area contributed by atoms with E-state index in [4.69, 9.17) is 0 Å². The van der Waals surface area contributed by atoms with Gasteiger partial charge in [0.2, 0.25) is 11.8 Å². The molecule has 2 N–H and O–H groups in total. The summed E-state index contributed by atoms with van der Waals surface area (Å²) >= 11 is 0. The van der Waals surface area contributed by atoms with Crippen LogP contribution in [-0.2, 0) is 35.4 Å². The third-order valence-corrected chi connectivity index (χ3v) is 8.81. The number of aromatic nitrogens is 3. The highest BCUT2D eigenvalue weighted by molar-refractivity contribution is 6.16. The molecule has 1 saturated heterocycles. The summed E-state index contributed by atoms with van der Waals surface area (Å²) < 4.78 is 0. The van der Waals surface area contributed by atoms with Gasteiger partial charge >= 0.3 is 0 Å². The molecule has 2 aromatic heterocycles. The van der Waals surface area contributed by atoms with Crippen molar-refractivity contribution in [1.29, 1.82) is 0 Å². The van der Waals surface area contributed by atoms with Gasteiger partial charge in [-0.1, -0.05) is 26.0 Å². The molecule has 8 heteroatoms. The second-order valence-corrected chi connectivity index (χ2v) is 12.3. The fraction of sp³-hybridized carbons (Fsp3) is 0.375. The standard InChI is InChI=1S/C32H33N5O3/c1-32(2)12-10-24-27(17-32)34-35-30(24)26-15-20-6-7-21(16-25(20)33-26)31(40)36-13-11-19-14-23(9-8-22(19)18-36)37-28(38)4-3-5-29(37)39/h6-9,14-16,33H,3-5,10-13,17-18H2,1-2H3,(H,34,35). The van der Waals surface area contributed by atoms with Gasteiger partial charge in [0.15, 0.2) is 0 Å². The molecule has 40 heavy (non-hydrogen) atoms. The predicted molar refractivity (Wildman–Crippen MR) is 153 cm³/mol. The van der Waals surface area contributed by atoms with E-state index in [1.807, 2.05) is 41.3 Å². The van der Waals surface area contributed by atoms with Crippen LogP contribution < -0.4 is 4.90 Å². The molecule has 3 aliphatic rings. The zero-order valence-corrected chi connectivity index (χ0v) is 23.0. The molecule has 0 radical (unpaired) electrons. The maximum atomic E-state index is 13.5. The minimum atomic E-state index is -0.136. The molecule has 3 amide bonds. The summed E-state index contributed by atoms with van der Waals surface area (Å²) in [6.45, 7) is 5.69. The van der Waals surface area contributed by atoms with E-state index in [9.17, 15) is 14.4 Å². The molecular formula is C32H33N5O3. The van der Waals surface area contributed by atoms with Crippen molar-refractivity contribution in [2.45, 2.75) is 65.3 Å². The van der Waals surface area contributed by atoms with Gasteiger partial charge in [0.05, 0.1) is 11.4 Å². The van der Waals surface area contributed by atoms with Gasteiger partial charge in [-0.05, 0) is 79.0 Å². The van der Waals surface area contributed by atoms with Gasteiger partial charge < -0.3 is 9.88 Å². The molecule has 8 nitrogen and oxygen atoms in total. The van der Waals surface area contributed by atoms with Crippen LogP contribution in [0.5, 0.6) is 0 Å². The van der Waals surface area contributed by atoms with E-state index in [1.54, 1.807) is 0 Å². The molecule has 4 heterocycles. The fourth-order valence-electron chi connectivity index (χ4n) is 6.53. The Morgan fingerprint density at radius 2 is 1.77 bits per heavy atom. The van der Waals surface area contributed by atoms with Crippen LogP contribution in [0.1, 0.15) is 72.3 Å². The van der Waals surface area contributed by atoms with Crippen molar-refractivity contribution < 1.29 is 14.4 Å². The Kier molecular flexibility index (Phi) is 5.70. The number of carbonyl (C=O) groups is 3. The molecule has 1 aliphatic carbocycles. The first-order valence-electron chi connectivity index (χ1n) is 14.2. The zero-order chi connectivity index (χ0) is 27.6. The van der Waals surface area contributed by atoms with Crippen LogP contribution in [0.15, 0.2) is 42.5 Å². The van der Waals surface area contributed by atoms with Gasteiger partial charge in [-0.3, -0.25) is 24.4 Å². The van der Waals surface area contributed by atoms with E-state index in [1.165, 1.54) is 16.2 Å². The third-order valence-electron chi connectivity index (χ3n) is 8.81. The average molecular weight is 536 g/mol. The first-order chi connectivity index (χ1) is 19.3. The van der Waals surface area contributed by atoms with Crippen LogP contribution in [0, 0.1) is 5.41 Å². The summed E-state index contributed by atoms with van der Waals surface area (Å²) in [7, 11) is 0. The van der Waals surface area contributed by atoms with Crippen LogP contribution in [0.3, 0.4) is 0 Å². The molecule has 7 rings (SSSR count). The maximum absolute atomic E-state index is 13.5. The Balaban J connectivity index is 1.10. The normalized spacial score (nSPS) is 18.6. The van der Waals surface area contributed by atoms with E-state index in [0.29, 0.717) is 50.0 Å². The number of hydrogen-bond donors (Lipinski definition) is 2. The Morgan fingerprint density at radius 3 is 2.60 bits per heavy atom. The summed E-state index contributed by atoms with van der Waals surface area (Å²) in [6, 6.07) is 13.7. The molecule has 1 fully saturated rings. The highest BCUT2D eigenvalue weighted by Gasteiger charge is 2.31. The number of carbonyl (C=O) groups excluding carboxylic acids is 3. The number of H-pyrrole nitrogens is 2. The van der Waals surface area contributed by atoms with Crippen molar-refractivity contribution in [3.63, 3.8) is 0 Å². The molecule has 0 bridgehead atoms. The monoisotopic (exact) mass is 535 g/mol. The van der Waals surface area contributed by atoms with Crippen molar-refractivity contribution >= 4 is 34.3 Å². The summed E-state index contributed by atoms with van der Waals surface area (Å²) in [4.78, 5) is 45.0. The minimum absolute atomic E-state index is 0.00598. The van der Waals surface area contributed by atoms with Gasteiger partial charge in [-0.15, -0.1) is 0 Å². The number of benzene rings is 2. The number of aromatic amines is 2. The Labute approximate surface area is 232 Å². The number of rotatable bonds is 3. The topological polar surface area (TPSA) is 102 Å². The molecule has 0 saturated carbocycles. The molecular weight excluding hydrogens is 502 g/mol. The Hall–Kier alpha value is -4.20. The summed E-state index contributed by atoms with van der Waals surface area (Å²) in [5.74, 6) is -0.279. The lowest BCUT2D eigenvalue weighted by molar-refractivity contribution is -0.129. The van der Waals surface area contributed by atoms with E-state index in [-0.39, 0.29) is 23.1 Å². The minimum Gasteiger partial charge on any atom is -0.353 e. The van der Waals surface area contributed by atoms with E-state index >= 15 is 0 Å². The van der Waals surface area contributed by atoms with Crippen LogP contribution in [-0.4, -0.2) is 44.3 Å². The second kappa shape index (κ2) is 9.18. The average Bonchev–Trinajstić information content (AvgIpc) is 3.54. The van der Waals surface area contributed by atoms with Gasteiger partial charge in [0.1, 0.15) is 5.69 Å². The van der Waals surface area contributed by atoms with Crippen LogP contribution in [0.2, 0.25) is 0 Å². The van der Waals surface area contributed by atoms with Crippen LogP contribution in [0.25, 0.3) is 22.3 Å². The van der Waals surface area contributed by atoms with Gasteiger partial charge in [0.25, 0.3) is 5.91 Å². The van der Waals surface area contributed by atoms with E-state index < -0.39 is 0 Å². The van der Waals surface area contributed by atoms with Gasteiger partial charge in [-0.2, -0.15) is 5.10 Å². The molecule has 4 aromatic rings. The molecule has 0 atom stereocenters. The lowest BCUT2D eigenvalue weighted by atomic mass is 9.76. The molecule has 2 aromatic carbocycles. The van der Waals surface area contributed by atoms with E-state index in [0.717, 1.165) is 52.7 Å². The number of piperidine rings is 1. The maximum Gasteiger partial charge on any atom is 0.254 e. The number of amides is 3. The van der Waals surface area contributed by atoms with Crippen molar-refractivity contribution in [1.82, 2.24) is 20.1 Å². The summed E-state index contributed by atoms with van der Waals surface area (Å²) in [6.07, 6.45) is 5.26. The quantitative estimate of drug-likeness (QED) is 0.347. The van der Waals surface area contributed by atoms with Crippen molar-refractivity contribution in [2.24, 2.45) is 5.41 Å². The number of fused-ring (bicyclic) bond motifs is 3. The second-order valence-electron chi connectivity index (χ2n) is 12.3. The van der Waals surface area contributed by atoms with E-state index in [2.05, 4.69) is 35.1 Å². The summed E-state index contributed by atoms with van der Waals surface area (Å²) in [5.41, 5.74) is 9.12. The highest BCUT2D eigenvalue weighted by Crippen LogP contribution is 2.38. The lowest BCUT2D eigenvalue weighted by Gasteiger charge is -2.31. The van der Waals surface area contributed by atoms with Gasteiger partial charge in [-0.25, -0.2) is 0 Å². The molecule has 0 unspecified atom stereocenters. The third kappa shape index (κ3) is 4.22. The first-order valence-corrected chi connectivity index (χ1v) is 14.2. The summed E-state index contributed by atoms with van der Waals surface area (Å²) in [5, 5.41) is 8.97. The zero-order valence-electron chi connectivity index (χ0n) is 23.0. The number of anilines is 1. The SMILES string of the molecule is CC1(C)CCc2c(-c3cc4ccc(C(=O)N5CCc6cc(N7C(=O)CCCC7=O)ccc6C5)cc4[nH]3)n[nH]c2C1. The van der Waals surface area contributed by atoms with Crippen molar-refractivity contribution in [3.05, 3.63) is 70.4 Å². The smallest absolute Gasteiger partial charge is 0.254 e. The Bertz CT molecular complexity index is 1680. The highest BCUT2D eigenvalue weighted by atomic mass is 16.2. The van der Waals surface area contributed by atoms with Gasteiger partial charge in [0, 0.05) is 53.7 Å². The number of imide groups is 1. The molecule has 0 spiro atoms. The first kappa shape index (κ1) is 24.8.